The predicted molar refractivity (Wildman–Crippen MR) is 121 cm³/mol. The van der Waals surface area contributed by atoms with Gasteiger partial charge < -0.3 is 10.1 Å². The normalized spacial score (nSPS) is 14.8. The van der Waals surface area contributed by atoms with Crippen LogP contribution in [-0.4, -0.2) is 49.2 Å². The Balaban J connectivity index is 1.66. The van der Waals surface area contributed by atoms with Crippen LogP contribution in [0.4, 0.5) is 11.4 Å². The second-order valence-electron chi connectivity index (χ2n) is 7.39. The summed E-state index contributed by atoms with van der Waals surface area (Å²) in [5, 5.41) is 13.5. The van der Waals surface area contributed by atoms with Gasteiger partial charge in [0, 0.05) is 24.2 Å². The molecule has 1 N–H and O–H groups in total. The molecule has 0 atom stereocenters. The third-order valence-electron chi connectivity index (χ3n) is 5.04. The number of rotatable bonds is 7. The molecule has 0 radical (unpaired) electrons. The van der Waals surface area contributed by atoms with Gasteiger partial charge in [-0.2, -0.15) is 4.31 Å². The molecule has 176 valence electrons. The number of nitro groups is 1. The van der Waals surface area contributed by atoms with Crippen molar-refractivity contribution in [3.05, 3.63) is 63.2 Å². The molecule has 1 saturated heterocycles. The van der Waals surface area contributed by atoms with E-state index in [0.29, 0.717) is 13.1 Å². The Bertz CT molecular complexity index is 1160. The molecular formula is C21H22ClN3O7S. The minimum Gasteiger partial charge on any atom is -0.452 e. The van der Waals surface area contributed by atoms with Crippen molar-refractivity contribution in [2.24, 2.45) is 0 Å². The first-order valence-electron chi connectivity index (χ1n) is 10.2. The van der Waals surface area contributed by atoms with Gasteiger partial charge >= 0.3 is 5.97 Å². The topological polar surface area (TPSA) is 136 Å². The van der Waals surface area contributed by atoms with E-state index in [4.69, 9.17) is 16.3 Å². The van der Waals surface area contributed by atoms with Crippen molar-refractivity contribution in [2.45, 2.75) is 30.6 Å². The number of nitrogens with zero attached hydrogens (tertiary/aromatic N) is 2. The molecule has 10 nitrogen and oxygen atoms in total. The zero-order chi connectivity index (χ0) is 24.0. The third kappa shape index (κ3) is 6.28. The number of hydrogen-bond donors (Lipinski definition) is 1. The van der Waals surface area contributed by atoms with Crippen LogP contribution in [0.25, 0.3) is 0 Å². The average molecular weight is 496 g/mol. The lowest BCUT2D eigenvalue weighted by Gasteiger charge is -2.20. The van der Waals surface area contributed by atoms with E-state index in [2.05, 4.69) is 5.32 Å². The molecule has 2 aromatic carbocycles. The molecule has 3 rings (SSSR count). The molecule has 1 aliphatic rings. The molecule has 1 aliphatic heterocycles. The highest BCUT2D eigenvalue weighted by atomic mass is 35.5. The van der Waals surface area contributed by atoms with Crippen molar-refractivity contribution >= 4 is 44.9 Å². The fourth-order valence-corrected chi connectivity index (χ4v) is 5.12. The molecule has 0 bridgehead atoms. The number of carbonyl (C=O) groups excluding carboxylic acids is 2. The van der Waals surface area contributed by atoms with Crippen LogP contribution < -0.4 is 5.32 Å². The van der Waals surface area contributed by atoms with Crippen molar-refractivity contribution in [1.82, 2.24) is 4.31 Å². The summed E-state index contributed by atoms with van der Waals surface area (Å²) >= 11 is 5.82. The summed E-state index contributed by atoms with van der Waals surface area (Å²) in [6.07, 6.45) is 3.50. The molecule has 1 fully saturated rings. The molecule has 0 saturated carbocycles. The minimum atomic E-state index is -3.76. The smallest absolute Gasteiger partial charge is 0.338 e. The Hall–Kier alpha value is -3.02. The van der Waals surface area contributed by atoms with Crippen LogP contribution in [-0.2, 0) is 19.6 Å². The number of carbonyl (C=O) groups is 2. The third-order valence-corrected chi connectivity index (χ3v) is 7.17. The van der Waals surface area contributed by atoms with E-state index >= 15 is 0 Å². The van der Waals surface area contributed by atoms with E-state index in [1.807, 2.05) is 0 Å². The molecule has 0 aromatic heterocycles. The first-order chi connectivity index (χ1) is 15.7. The number of nitro benzene ring substituents is 1. The standard InChI is InChI=1S/C21H22ClN3O7S/c22-16-8-9-19(25(28)29)18(13-16)23-20(26)14-32-21(27)15-6-5-7-17(12-15)33(30,31)24-10-3-1-2-4-11-24/h5-9,12-13H,1-4,10-11,14H2,(H,23,26). The maximum Gasteiger partial charge on any atom is 0.338 e. The maximum absolute atomic E-state index is 12.9. The van der Waals surface area contributed by atoms with Crippen LogP contribution in [0.15, 0.2) is 47.4 Å². The molecule has 1 amide bonds. The fraction of sp³-hybridized carbons (Fsp3) is 0.333. The highest BCUT2D eigenvalue weighted by molar-refractivity contribution is 7.89. The van der Waals surface area contributed by atoms with E-state index in [-0.39, 0.29) is 26.9 Å². The second kappa shape index (κ2) is 10.7. The Kier molecular flexibility index (Phi) is 8.01. The Morgan fingerprint density at radius 3 is 2.45 bits per heavy atom. The summed E-state index contributed by atoms with van der Waals surface area (Å²) in [6.45, 7) is 0.116. The van der Waals surface area contributed by atoms with E-state index in [1.54, 1.807) is 0 Å². The maximum atomic E-state index is 12.9. The zero-order valence-electron chi connectivity index (χ0n) is 17.5. The van der Waals surface area contributed by atoms with Crippen LogP contribution in [0.1, 0.15) is 36.0 Å². The lowest BCUT2D eigenvalue weighted by Crippen LogP contribution is -2.32. The van der Waals surface area contributed by atoms with Crippen LogP contribution in [0, 0.1) is 10.1 Å². The molecule has 12 heteroatoms. The molecule has 2 aromatic rings. The number of ether oxygens (including phenoxy) is 1. The number of benzene rings is 2. The Morgan fingerprint density at radius 2 is 1.79 bits per heavy atom. The molecule has 33 heavy (non-hydrogen) atoms. The van der Waals surface area contributed by atoms with Gasteiger partial charge in [0.05, 0.1) is 15.4 Å². The summed E-state index contributed by atoms with van der Waals surface area (Å²) in [5.74, 6) is -1.72. The van der Waals surface area contributed by atoms with Gasteiger partial charge in [0.2, 0.25) is 10.0 Å². The second-order valence-corrected chi connectivity index (χ2v) is 9.76. The monoisotopic (exact) mass is 495 g/mol. The molecular weight excluding hydrogens is 474 g/mol. The summed E-state index contributed by atoms with van der Waals surface area (Å²) in [7, 11) is -3.76. The summed E-state index contributed by atoms with van der Waals surface area (Å²) in [4.78, 5) is 34.9. The highest BCUT2D eigenvalue weighted by Crippen LogP contribution is 2.27. The van der Waals surface area contributed by atoms with E-state index in [1.165, 1.54) is 40.7 Å². The summed E-state index contributed by atoms with van der Waals surface area (Å²) in [6, 6.07) is 9.07. The number of amides is 1. The Labute approximate surface area is 195 Å². The number of esters is 1. The van der Waals surface area contributed by atoms with Crippen molar-refractivity contribution in [1.29, 1.82) is 0 Å². The molecule has 0 spiro atoms. The van der Waals surface area contributed by atoms with E-state index in [0.717, 1.165) is 31.7 Å². The number of sulfonamides is 1. The molecule has 1 heterocycles. The van der Waals surface area contributed by atoms with Gasteiger partial charge in [-0.25, -0.2) is 13.2 Å². The number of hydrogen-bond acceptors (Lipinski definition) is 7. The molecule has 0 unspecified atom stereocenters. The van der Waals surface area contributed by atoms with Crippen LogP contribution in [0.2, 0.25) is 5.02 Å². The van der Waals surface area contributed by atoms with Crippen molar-refractivity contribution in [3.63, 3.8) is 0 Å². The van der Waals surface area contributed by atoms with E-state index < -0.39 is 33.4 Å². The van der Waals surface area contributed by atoms with E-state index in [9.17, 15) is 28.1 Å². The van der Waals surface area contributed by atoms with Crippen molar-refractivity contribution < 1.29 is 27.7 Å². The van der Waals surface area contributed by atoms with Gasteiger partial charge in [-0.05, 0) is 43.2 Å². The van der Waals surface area contributed by atoms with Gasteiger partial charge in [-0.3, -0.25) is 14.9 Å². The summed E-state index contributed by atoms with van der Waals surface area (Å²) < 4.78 is 32.3. The summed E-state index contributed by atoms with van der Waals surface area (Å²) in [5.41, 5.74) is -0.544. The molecule has 0 aliphatic carbocycles. The van der Waals surface area contributed by atoms with Crippen LogP contribution >= 0.6 is 11.6 Å². The lowest BCUT2D eigenvalue weighted by atomic mass is 10.2. The van der Waals surface area contributed by atoms with Crippen molar-refractivity contribution in [3.8, 4) is 0 Å². The first-order valence-corrected chi connectivity index (χ1v) is 12.0. The SMILES string of the molecule is O=C(COC(=O)c1cccc(S(=O)(=O)N2CCCCCC2)c1)Nc1cc(Cl)ccc1[N+](=O)[O-]. The number of halogens is 1. The van der Waals surface area contributed by atoms with Gasteiger partial charge in [0.1, 0.15) is 5.69 Å². The Morgan fingerprint density at radius 1 is 1.09 bits per heavy atom. The van der Waals surface area contributed by atoms with Gasteiger partial charge in [-0.15, -0.1) is 0 Å². The number of nitrogens with one attached hydrogen (secondary N) is 1. The zero-order valence-corrected chi connectivity index (χ0v) is 19.1. The number of anilines is 1. The lowest BCUT2D eigenvalue weighted by molar-refractivity contribution is -0.383. The van der Waals surface area contributed by atoms with Crippen LogP contribution in [0.3, 0.4) is 0 Å². The van der Waals surface area contributed by atoms with Crippen LogP contribution in [0.5, 0.6) is 0 Å². The fourth-order valence-electron chi connectivity index (χ4n) is 3.38. The minimum absolute atomic E-state index is 0.0298. The van der Waals surface area contributed by atoms with Gasteiger partial charge in [-0.1, -0.05) is 30.5 Å². The van der Waals surface area contributed by atoms with Gasteiger partial charge in [0.25, 0.3) is 11.6 Å². The van der Waals surface area contributed by atoms with Crippen molar-refractivity contribution in [2.75, 3.05) is 25.0 Å². The predicted octanol–water partition coefficient (Wildman–Crippen LogP) is 3.61. The van der Waals surface area contributed by atoms with Gasteiger partial charge in [0.15, 0.2) is 6.61 Å². The average Bonchev–Trinajstić information content (AvgIpc) is 3.07. The first kappa shape index (κ1) is 24.6. The quantitative estimate of drug-likeness (QED) is 0.352. The highest BCUT2D eigenvalue weighted by Gasteiger charge is 2.26. The largest absolute Gasteiger partial charge is 0.452 e.